The molecule has 92 valence electrons. The Bertz CT molecular complexity index is 604. The molecule has 0 atom stereocenters. The van der Waals surface area contributed by atoms with Crippen LogP contribution < -0.4 is 0 Å². The highest BCUT2D eigenvalue weighted by molar-refractivity contribution is 6.02. The highest BCUT2D eigenvalue weighted by atomic mass is 16.1. The monoisotopic (exact) mass is 241 g/mol. The summed E-state index contributed by atoms with van der Waals surface area (Å²) in [5.74, 6) is 0. The molecule has 0 aliphatic heterocycles. The number of aromatic nitrogens is 3. The van der Waals surface area contributed by atoms with Crippen molar-refractivity contribution in [2.75, 3.05) is 0 Å². The van der Waals surface area contributed by atoms with E-state index >= 15 is 0 Å². The van der Waals surface area contributed by atoms with Crippen molar-refractivity contribution >= 4 is 23.0 Å². The smallest absolute Gasteiger partial charge is 0.168 e. The highest BCUT2D eigenvalue weighted by Crippen LogP contribution is 2.27. The molecule has 1 fully saturated rings. The molecule has 0 amide bonds. The average Bonchev–Trinajstić information content (AvgIpc) is 2.85. The van der Waals surface area contributed by atoms with Crippen molar-refractivity contribution < 1.29 is 4.79 Å². The van der Waals surface area contributed by atoms with Gasteiger partial charge in [0.2, 0.25) is 0 Å². The van der Waals surface area contributed by atoms with E-state index in [2.05, 4.69) is 10.3 Å². The standard InChI is InChI=1S/C14H15N3O/c18-10-14(11-6-2-1-3-7-11)17-13-9-5-4-8-12(13)15-16-17/h4-5,8-10H,1-3,6-7H2. The van der Waals surface area contributed by atoms with Crippen LogP contribution in [-0.4, -0.2) is 21.3 Å². The lowest BCUT2D eigenvalue weighted by molar-refractivity contribution is -0.103. The van der Waals surface area contributed by atoms with Gasteiger partial charge in [0, 0.05) is 0 Å². The molecule has 18 heavy (non-hydrogen) atoms. The second kappa shape index (κ2) is 4.72. The van der Waals surface area contributed by atoms with Gasteiger partial charge in [0.1, 0.15) is 11.2 Å². The molecule has 0 saturated heterocycles. The van der Waals surface area contributed by atoms with E-state index in [-0.39, 0.29) is 0 Å². The third-order valence-electron chi connectivity index (χ3n) is 3.51. The molecule has 3 rings (SSSR count). The van der Waals surface area contributed by atoms with E-state index < -0.39 is 0 Å². The zero-order valence-electron chi connectivity index (χ0n) is 10.2. The van der Waals surface area contributed by atoms with Crippen molar-refractivity contribution in [3.8, 4) is 0 Å². The summed E-state index contributed by atoms with van der Waals surface area (Å²) in [5.41, 5.74) is 3.63. The van der Waals surface area contributed by atoms with Crippen molar-refractivity contribution in [3.63, 3.8) is 0 Å². The van der Waals surface area contributed by atoms with Gasteiger partial charge in [0.05, 0.1) is 5.52 Å². The number of rotatable bonds is 2. The summed E-state index contributed by atoms with van der Waals surface area (Å²) in [6.07, 6.45) is 6.51. The Morgan fingerprint density at radius 1 is 1.17 bits per heavy atom. The zero-order chi connectivity index (χ0) is 12.4. The van der Waals surface area contributed by atoms with Crippen molar-refractivity contribution in [1.29, 1.82) is 0 Å². The second-order valence-electron chi connectivity index (χ2n) is 4.66. The number of benzene rings is 1. The SMILES string of the molecule is O=CC(=C1CCCCC1)n1nnc2ccccc21. The predicted molar refractivity (Wildman–Crippen MR) is 69.9 cm³/mol. The van der Waals surface area contributed by atoms with Gasteiger partial charge in [-0.3, -0.25) is 4.79 Å². The van der Waals surface area contributed by atoms with Crippen LogP contribution in [0.5, 0.6) is 0 Å². The predicted octanol–water partition coefficient (Wildman–Crippen LogP) is 2.81. The van der Waals surface area contributed by atoms with Gasteiger partial charge in [-0.05, 0) is 43.4 Å². The molecular formula is C14H15N3O. The Balaban J connectivity index is 2.14. The number of fused-ring (bicyclic) bond motifs is 1. The summed E-state index contributed by atoms with van der Waals surface area (Å²) in [6, 6.07) is 7.72. The molecule has 0 unspecified atom stereocenters. The van der Waals surface area contributed by atoms with Crippen LogP contribution in [0.15, 0.2) is 29.8 Å². The molecule has 0 radical (unpaired) electrons. The van der Waals surface area contributed by atoms with E-state index in [0.717, 1.165) is 30.2 Å². The maximum Gasteiger partial charge on any atom is 0.168 e. The van der Waals surface area contributed by atoms with Crippen LogP contribution in [0.1, 0.15) is 32.1 Å². The van der Waals surface area contributed by atoms with Gasteiger partial charge in [0.25, 0.3) is 0 Å². The van der Waals surface area contributed by atoms with Crippen molar-refractivity contribution in [2.24, 2.45) is 0 Å². The van der Waals surface area contributed by atoms with Gasteiger partial charge >= 0.3 is 0 Å². The van der Waals surface area contributed by atoms with Crippen LogP contribution in [0.3, 0.4) is 0 Å². The number of carbonyl (C=O) groups excluding carboxylic acids is 1. The lowest BCUT2D eigenvalue weighted by atomic mass is 9.93. The molecule has 0 bridgehead atoms. The Labute approximate surface area is 105 Å². The fourth-order valence-corrected chi connectivity index (χ4v) is 2.56. The van der Waals surface area contributed by atoms with Crippen LogP contribution >= 0.6 is 0 Å². The first kappa shape index (κ1) is 11.1. The quantitative estimate of drug-likeness (QED) is 0.600. The molecule has 1 heterocycles. The molecule has 4 heteroatoms. The average molecular weight is 241 g/mol. The minimum absolute atomic E-state index is 0.684. The minimum Gasteiger partial charge on any atom is -0.296 e. The first-order chi connectivity index (χ1) is 8.90. The van der Waals surface area contributed by atoms with E-state index in [0.29, 0.717) is 5.70 Å². The first-order valence-corrected chi connectivity index (χ1v) is 6.38. The van der Waals surface area contributed by atoms with Gasteiger partial charge < -0.3 is 0 Å². The topological polar surface area (TPSA) is 47.8 Å². The molecule has 1 aromatic carbocycles. The Kier molecular flexibility index (Phi) is 2.92. The summed E-state index contributed by atoms with van der Waals surface area (Å²) < 4.78 is 1.68. The van der Waals surface area contributed by atoms with E-state index in [1.165, 1.54) is 24.8 Å². The number of hydrogen-bond donors (Lipinski definition) is 0. The summed E-state index contributed by atoms with van der Waals surface area (Å²) in [6.45, 7) is 0. The molecule has 4 nitrogen and oxygen atoms in total. The van der Waals surface area contributed by atoms with Gasteiger partial charge in [0.15, 0.2) is 6.29 Å². The third kappa shape index (κ3) is 1.83. The molecular weight excluding hydrogens is 226 g/mol. The maximum absolute atomic E-state index is 11.4. The lowest BCUT2D eigenvalue weighted by Gasteiger charge is -2.16. The number of hydrogen-bond acceptors (Lipinski definition) is 3. The largest absolute Gasteiger partial charge is 0.296 e. The van der Waals surface area contributed by atoms with Gasteiger partial charge in [-0.25, -0.2) is 4.68 Å². The van der Waals surface area contributed by atoms with Crippen LogP contribution in [0.2, 0.25) is 0 Å². The number of carbonyl (C=O) groups is 1. The fraction of sp³-hybridized carbons (Fsp3) is 0.357. The summed E-state index contributed by atoms with van der Waals surface area (Å²) >= 11 is 0. The maximum atomic E-state index is 11.4. The second-order valence-corrected chi connectivity index (χ2v) is 4.66. The van der Waals surface area contributed by atoms with Gasteiger partial charge in [-0.2, -0.15) is 0 Å². The van der Waals surface area contributed by atoms with Gasteiger partial charge in [-0.1, -0.05) is 23.8 Å². The van der Waals surface area contributed by atoms with Crippen molar-refractivity contribution in [1.82, 2.24) is 15.0 Å². The third-order valence-corrected chi connectivity index (χ3v) is 3.51. The number of allylic oxidation sites excluding steroid dienone is 2. The van der Waals surface area contributed by atoms with Crippen molar-refractivity contribution in [3.05, 3.63) is 29.8 Å². The van der Waals surface area contributed by atoms with Crippen LogP contribution in [-0.2, 0) is 4.79 Å². The van der Waals surface area contributed by atoms with E-state index in [9.17, 15) is 4.79 Å². The Hall–Kier alpha value is -1.97. The molecule has 1 saturated carbocycles. The number of nitrogens with zero attached hydrogens (tertiary/aromatic N) is 3. The first-order valence-electron chi connectivity index (χ1n) is 6.38. The van der Waals surface area contributed by atoms with E-state index in [4.69, 9.17) is 0 Å². The van der Waals surface area contributed by atoms with Crippen LogP contribution in [0, 0.1) is 0 Å². The van der Waals surface area contributed by atoms with Gasteiger partial charge in [-0.15, -0.1) is 5.10 Å². The van der Waals surface area contributed by atoms with Crippen LogP contribution in [0.25, 0.3) is 16.7 Å². The molecule has 0 spiro atoms. The van der Waals surface area contributed by atoms with E-state index in [1.54, 1.807) is 4.68 Å². The fourth-order valence-electron chi connectivity index (χ4n) is 2.56. The van der Waals surface area contributed by atoms with Crippen molar-refractivity contribution in [2.45, 2.75) is 32.1 Å². The summed E-state index contributed by atoms with van der Waals surface area (Å²) in [7, 11) is 0. The highest BCUT2D eigenvalue weighted by Gasteiger charge is 2.15. The Morgan fingerprint density at radius 2 is 1.94 bits per heavy atom. The Morgan fingerprint density at radius 3 is 2.72 bits per heavy atom. The molecule has 1 aromatic heterocycles. The minimum atomic E-state index is 0.684. The lowest BCUT2D eigenvalue weighted by Crippen LogP contribution is -2.07. The molecule has 1 aliphatic rings. The molecule has 0 N–H and O–H groups in total. The zero-order valence-corrected chi connectivity index (χ0v) is 10.2. The van der Waals surface area contributed by atoms with E-state index in [1.807, 2.05) is 24.3 Å². The molecule has 2 aromatic rings. The molecule has 1 aliphatic carbocycles. The summed E-state index contributed by atoms with van der Waals surface area (Å²) in [5, 5.41) is 8.22. The number of para-hydroxylation sites is 1. The van der Waals surface area contributed by atoms with Crippen LogP contribution in [0.4, 0.5) is 0 Å². The summed E-state index contributed by atoms with van der Waals surface area (Å²) in [4.78, 5) is 11.4. The number of aldehydes is 1. The normalized spacial score (nSPS) is 15.9.